The molecule has 28 heavy (non-hydrogen) atoms. The van der Waals surface area contributed by atoms with Crippen molar-refractivity contribution in [3.63, 3.8) is 0 Å². The van der Waals surface area contributed by atoms with Gasteiger partial charge in [0.25, 0.3) is 0 Å². The summed E-state index contributed by atoms with van der Waals surface area (Å²) in [5, 5.41) is 28.2. The molecule has 0 aromatic carbocycles. The number of aliphatic hydroxyl groups is 3. The number of methoxy groups -OCH3 is 1. The molecule has 0 aromatic heterocycles. The van der Waals surface area contributed by atoms with Crippen molar-refractivity contribution in [2.75, 3.05) is 20.3 Å². The van der Waals surface area contributed by atoms with E-state index in [-0.39, 0.29) is 0 Å². The summed E-state index contributed by atoms with van der Waals surface area (Å²) in [6.45, 7) is 0.223. The molecule has 0 rings (SSSR count). The first kappa shape index (κ1) is 25.3. The summed E-state index contributed by atoms with van der Waals surface area (Å²) in [4.78, 5) is 11.7. The third kappa shape index (κ3) is 14.3. The lowest BCUT2D eigenvalue weighted by Crippen LogP contribution is -2.46. The van der Waals surface area contributed by atoms with Gasteiger partial charge in [-0.1, -0.05) is 90.4 Å². The van der Waals surface area contributed by atoms with E-state index in [2.05, 4.69) is 4.74 Å². The zero-order valence-corrected chi connectivity index (χ0v) is 17.8. The Labute approximate surface area is 173 Å². The molecule has 0 unspecified atom stereocenters. The Morgan fingerprint density at radius 1 is 0.857 bits per heavy atom. The average Bonchev–Trinajstić information content (AvgIpc) is 2.74. The molecule has 0 heterocycles. The second-order valence-electron chi connectivity index (χ2n) is 7.50. The van der Waals surface area contributed by atoms with Crippen molar-refractivity contribution in [3.05, 3.63) is 0 Å². The zero-order valence-electron chi connectivity index (χ0n) is 18.8. The molecule has 6 nitrogen and oxygen atoms in total. The quantitative estimate of drug-likeness (QED) is 0.211. The lowest BCUT2D eigenvalue weighted by Gasteiger charge is -2.24. The molecule has 0 amide bonds. The minimum absolute atomic E-state index is 0.302. The van der Waals surface area contributed by atoms with Gasteiger partial charge in [0, 0.05) is 7.98 Å². The highest BCUT2D eigenvalue weighted by molar-refractivity contribution is 5.75. The summed E-state index contributed by atoms with van der Waals surface area (Å²) in [7, 11) is 1.19. The fraction of sp³-hybridized carbons (Fsp3) is 0.955. The van der Waals surface area contributed by atoms with Crippen LogP contribution < -0.4 is 0 Å². The van der Waals surface area contributed by atoms with E-state index < -0.39 is 30.9 Å². The van der Waals surface area contributed by atoms with Crippen molar-refractivity contribution in [1.82, 2.24) is 0 Å². The first-order chi connectivity index (χ1) is 14.1. The number of esters is 1. The van der Waals surface area contributed by atoms with Crippen LogP contribution in [-0.4, -0.2) is 59.9 Å². The van der Waals surface area contributed by atoms with Gasteiger partial charge in [-0.05, 0) is 6.42 Å². The van der Waals surface area contributed by atoms with Crippen LogP contribution in [-0.2, 0) is 14.3 Å². The summed E-state index contributed by atoms with van der Waals surface area (Å²) >= 11 is 0. The number of hydrogen-bond acceptors (Lipinski definition) is 6. The van der Waals surface area contributed by atoms with E-state index in [0.29, 0.717) is 13.5 Å². The highest BCUT2D eigenvalue weighted by Crippen LogP contribution is 2.13. The molecule has 0 aromatic rings. The Hall–Kier alpha value is -0.690. The standard InChI is InChI=1S/C22H44O6/c1-3-4-5-6-7-8-9-10-11-12-13-14-15-16-17-28-21(22(26)27-2)20(25)19(24)18-23/h19-21,23-25H,3-18H2,1-2H3/t19-,20-,21-/m1/s1/i1D. The van der Waals surface area contributed by atoms with Crippen molar-refractivity contribution >= 4 is 5.97 Å². The van der Waals surface area contributed by atoms with Gasteiger partial charge < -0.3 is 24.8 Å². The van der Waals surface area contributed by atoms with Gasteiger partial charge in [-0.25, -0.2) is 4.79 Å². The Balaban J connectivity index is 3.54. The van der Waals surface area contributed by atoms with E-state index in [4.69, 9.17) is 11.2 Å². The molecule has 0 bridgehead atoms. The van der Waals surface area contributed by atoms with Crippen molar-refractivity contribution in [1.29, 1.82) is 0 Å². The number of ether oxygens (including phenoxy) is 2. The zero-order chi connectivity index (χ0) is 21.7. The van der Waals surface area contributed by atoms with Gasteiger partial charge in [0.15, 0.2) is 6.10 Å². The summed E-state index contributed by atoms with van der Waals surface area (Å²) < 4.78 is 17.1. The van der Waals surface area contributed by atoms with Crippen LogP contribution in [0.1, 0.15) is 98.2 Å². The van der Waals surface area contributed by atoms with Crippen LogP contribution in [0.5, 0.6) is 0 Å². The van der Waals surface area contributed by atoms with Crippen LogP contribution in [0.4, 0.5) is 0 Å². The van der Waals surface area contributed by atoms with E-state index in [9.17, 15) is 15.0 Å². The van der Waals surface area contributed by atoms with Crippen LogP contribution in [0.25, 0.3) is 0 Å². The molecule has 168 valence electrons. The number of aliphatic hydroxyl groups excluding tert-OH is 3. The minimum Gasteiger partial charge on any atom is -0.467 e. The lowest BCUT2D eigenvalue weighted by atomic mass is 10.0. The molecule has 0 saturated carbocycles. The van der Waals surface area contributed by atoms with Crippen LogP contribution in [0.3, 0.4) is 0 Å². The van der Waals surface area contributed by atoms with Gasteiger partial charge in [-0.2, -0.15) is 0 Å². The summed E-state index contributed by atoms with van der Waals surface area (Å²) in [6, 6.07) is 0. The SMILES string of the molecule is [2H]CCCCCCCCCCCCCCCCO[C@@H](C(=O)OC)[C@H](O)[C@H](O)CO. The molecule has 0 fully saturated rings. The van der Waals surface area contributed by atoms with E-state index >= 15 is 0 Å². The third-order valence-electron chi connectivity index (χ3n) is 5.02. The molecule has 0 aliphatic heterocycles. The summed E-state index contributed by atoms with van der Waals surface area (Å²) in [6.07, 6.45) is 12.5. The van der Waals surface area contributed by atoms with Crippen molar-refractivity contribution < 1.29 is 31.0 Å². The Morgan fingerprint density at radius 3 is 1.75 bits per heavy atom. The van der Waals surface area contributed by atoms with Crippen molar-refractivity contribution in [2.45, 2.75) is 115 Å². The predicted molar refractivity (Wildman–Crippen MR) is 111 cm³/mol. The monoisotopic (exact) mass is 405 g/mol. The largest absolute Gasteiger partial charge is 0.467 e. The van der Waals surface area contributed by atoms with E-state index in [0.717, 1.165) is 25.7 Å². The van der Waals surface area contributed by atoms with Gasteiger partial charge in [0.2, 0.25) is 0 Å². The number of hydrogen-bond donors (Lipinski definition) is 3. The third-order valence-corrected chi connectivity index (χ3v) is 5.02. The van der Waals surface area contributed by atoms with Gasteiger partial charge in [0.05, 0.1) is 13.7 Å². The topological polar surface area (TPSA) is 96.2 Å². The fourth-order valence-corrected chi connectivity index (χ4v) is 3.17. The first-order valence-corrected chi connectivity index (χ1v) is 11.0. The maximum absolute atomic E-state index is 11.7. The average molecular weight is 406 g/mol. The van der Waals surface area contributed by atoms with Crippen LogP contribution in [0.15, 0.2) is 0 Å². The minimum atomic E-state index is -1.50. The van der Waals surface area contributed by atoms with Gasteiger partial charge in [0.1, 0.15) is 12.2 Å². The Kier molecular flexibility index (Phi) is 17.8. The molecular formula is C22H44O6. The normalized spacial score (nSPS) is 15.1. The molecule has 3 atom stereocenters. The maximum Gasteiger partial charge on any atom is 0.337 e. The second kappa shape index (κ2) is 19.6. The molecule has 0 spiro atoms. The predicted octanol–water partition coefficient (Wildman–Crippen LogP) is 3.74. The second-order valence-corrected chi connectivity index (χ2v) is 7.50. The fourth-order valence-electron chi connectivity index (χ4n) is 3.17. The van der Waals surface area contributed by atoms with E-state index in [1.54, 1.807) is 0 Å². The highest BCUT2D eigenvalue weighted by Gasteiger charge is 2.33. The van der Waals surface area contributed by atoms with Crippen LogP contribution >= 0.6 is 0 Å². The number of carbonyl (C=O) groups excluding carboxylic acids is 1. The smallest absolute Gasteiger partial charge is 0.337 e. The van der Waals surface area contributed by atoms with Gasteiger partial charge in [-0.3, -0.25) is 0 Å². The summed E-state index contributed by atoms with van der Waals surface area (Å²) in [5.74, 6) is -0.752. The molecule has 0 aliphatic carbocycles. The van der Waals surface area contributed by atoms with Gasteiger partial charge in [-0.15, -0.1) is 0 Å². The lowest BCUT2D eigenvalue weighted by molar-refractivity contribution is -0.170. The van der Waals surface area contributed by atoms with Crippen LogP contribution in [0.2, 0.25) is 0 Å². The van der Waals surface area contributed by atoms with Crippen LogP contribution in [0, 0.1) is 0 Å². The molecule has 0 saturated heterocycles. The van der Waals surface area contributed by atoms with Crippen molar-refractivity contribution in [2.24, 2.45) is 0 Å². The first-order valence-electron chi connectivity index (χ1n) is 11.7. The Morgan fingerprint density at radius 2 is 1.32 bits per heavy atom. The molecule has 3 N–H and O–H groups in total. The molecule has 0 radical (unpaired) electrons. The molecule has 6 heteroatoms. The van der Waals surface area contributed by atoms with E-state index in [1.807, 2.05) is 0 Å². The van der Waals surface area contributed by atoms with E-state index in [1.165, 1.54) is 71.3 Å². The van der Waals surface area contributed by atoms with Crippen molar-refractivity contribution in [3.8, 4) is 0 Å². The highest BCUT2D eigenvalue weighted by atomic mass is 16.6. The number of rotatable bonds is 20. The summed E-state index contributed by atoms with van der Waals surface area (Å²) in [5.41, 5.74) is 0. The Bertz CT molecular complexity index is 369. The molecule has 0 aliphatic rings. The number of unbranched alkanes of at least 4 members (excludes halogenated alkanes) is 13. The number of carbonyl (C=O) groups is 1. The maximum atomic E-state index is 11.7. The molecular weight excluding hydrogens is 360 g/mol. The van der Waals surface area contributed by atoms with Gasteiger partial charge >= 0.3 is 5.97 Å².